The van der Waals surface area contributed by atoms with Gasteiger partial charge in [-0.15, -0.1) is 0 Å². The lowest BCUT2D eigenvalue weighted by Crippen LogP contribution is -2.23. The van der Waals surface area contributed by atoms with Crippen LogP contribution in [-0.2, 0) is 6.54 Å². The second-order valence-electron chi connectivity index (χ2n) is 7.87. The van der Waals surface area contributed by atoms with Crippen LogP contribution in [0, 0.1) is 6.92 Å². The zero-order valence-corrected chi connectivity index (χ0v) is 17.3. The molecule has 0 N–H and O–H groups in total. The van der Waals surface area contributed by atoms with Gasteiger partial charge in [0, 0.05) is 6.04 Å². The van der Waals surface area contributed by atoms with Gasteiger partial charge in [0.2, 0.25) is 0 Å². The fraction of sp³-hybridized carbons (Fsp3) is 0.250. The molecule has 1 atom stereocenters. The minimum absolute atomic E-state index is 0.0633. The van der Waals surface area contributed by atoms with Gasteiger partial charge in [0.15, 0.2) is 11.3 Å². The van der Waals surface area contributed by atoms with Crippen molar-refractivity contribution in [1.29, 1.82) is 0 Å². The molecule has 0 amide bonds. The second kappa shape index (κ2) is 7.06. The number of rotatable bonds is 4. The molecule has 0 spiro atoms. The summed E-state index contributed by atoms with van der Waals surface area (Å²) in [5.41, 5.74) is 5.79. The molecule has 6 nitrogen and oxygen atoms in total. The van der Waals surface area contributed by atoms with Gasteiger partial charge in [-0.05, 0) is 38.0 Å². The minimum atomic E-state index is -0.0633. The predicted molar refractivity (Wildman–Crippen MR) is 120 cm³/mol. The Morgan fingerprint density at radius 2 is 1.67 bits per heavy atom. The smallest absolute Gasteiger partial charge is 0.265 e. The largest absolute Gasteiger partial charge is 0.304 e. The molecule has 0 aliphatic heterocycles. The number of aromatic nitrogens is 5. The summed E-state index contributed by atoms with van der Waals surface area (Å²) < 4.78 is 3.71. The third-order valence-electron chi connectivity index (χ3n) is 5.80. The van der Waals surface area contributed by atoms with Gasteiger partial charge in [0.1, 0.15) is 17.2 Å². The van der Waals surface area contributed by atoms with E-state index in [-0.39, 0.29) is 11.6 Å². The number of para-hydroxylation sites is 2. The quantitative estimate of drug-likeness (QED) is 0.444. The lowest BCUT2D eigenvalue weighted by molar-refractivity contribution is 0.510. The highest BCUT2D eigenvalue weighted by atomic mass is 16.1. The third-order valence-corrected chi connectivity index (χ3v) is 5.80. The van der Waals surface area contributed by atoms with Crippen LogP contribution in [0.4, 0.5) is 0 Å². The number of hydrogen-bond acceptors (Lipinski definition) is 4. The summed E-state index contributed by atoms with van der Waals surface area (Å²) in [7, 11) is 0. The molecule has 6 heteroatoms. The minimum Gasteiger partial charge on any atom is -0.304 e. The van der Waals surface area contributed by atoms with E-state index in [9.17, 15) is 4.79 Å². The first kappa shape index (κ1) is 18.5. The van der Waals surface area contributed by atoms with Crippen molar-refractivity contribution in [3.8, 4) is 0 Å². The highest BCUT2D eigenvalue weighted by Crippen LogP contribution is 2.26. The molecule has 0 fully saturated rings. The van der Waals surface area contributed by atoms with Crippen molar-refractivity contribution < 1.29 is 0 Å². The van der Waals surface area contributed by atoms with Crippen LogP contribution in [-0.4, -0.2) is 24.1 Å². The van der Waals surface area contributed by atoms with Crippen molar-refractivity contribution in [2.45, 2.75) is 39.8 Å². The fourth-order valence-electron chi connectivity index (χ4n) is 3.85. The first-order chi connectivity index (χ1) is 14.6. The van der Waals surface area contributed by atoms with Crippen LogP contribution in [0.5, 0.6) is 0 Å². The summed E-state index contributed by atoms with van der Waals surface area (Å²) in [6.07, 6.45) is 2.51. The molecule has 5 rings (SSSR count). The van der Waals surface area contributed by atoms with Gasteiger partial charge in [0.25, 0.3) is 5.56 Å². The fourth-order valence-corrected chi connectivity index (χ4v) is 3.85. The van der Waals surface area contributed by atoms with Gasteiger partial charge < -0.3 is 4.57 Å². The Labute approximate surface area is 173 Å². The van der Waals surface area contributed by atoms with Crippen molar-refractivity contribution in [2.75, 3.05) is 0 Å². The predicted octanol–water partition coefficient (Wildman–Crippen LogP) is 4.62. The molecule has 150 valence electrons. The van der Waals surface area contributed by atoms with E-state index in [4.69, 9.17) is 15.0 Å². The number of nitrogens with zero attached hydrogens (tertiary/aromatic N) is 5. The van der Waals surface area contributed by atoms with E-state index >= 15 is 0 Å². The normalized spacial score (nSPS) is 12.8. The molecule has 0 saturated heterocycles. The summed E-state index contributed by atoms with van der Waals surface area (Å²) >= 11 is 0. The summed E-state index contributed by atoms with van der Waals surface area (Å²) in [6, 6.07) is 16.2. The average molecular weight is 397 g/mol. The molecule has 5 aromatic rings. The van der Waals surface area contributed by atoms with Crippen molar-refractivity contribution in [3.63, 3.8) is 0 Å². The number of hydrogen-bond donors (Lipinski definition) is 0. The van der Waals surface area contributed by atoms with Crippen molar-refractivity contribution >= 4 is 33.2 Å². The molecule has 0 radical (unpaired) electrons. The van der Waals surface area contributed by atoms with Gasteiger partial charge in [-0.2, -0.15) is 0 Å². The highest BCUT2D eigenvalue weighted by Gasteiger charge is 2.21. The third kappa shape index (κ3) is 2.87. The molecule has 1 unspecified atom stereocenters. The van der Waals surface area contributed by atoms with E-state index in [0.29, 0.717) is 28.7 Å². The molecule has 30 heavy (non-hydrogen) atoms. The number of fused-ring (bicyclic) bond motifs is 4. The Kier molecular flexibility index (Phi) is 4.35. The molecule has 3 aromatic heterocycles. The van der Waals surface area contributed by atoms with Crippen LogP contribution in [0.2, 0.25) is 0 Å². The van der Waals surface area contributed by atoms with Gasteiger partial charge in [0.05, 0.1) is 17.6 Å². The van der Waals surface area contributed by atoms with E-state index in [1.165, 1.54) is 5.56 Å². The maximum absolute atomic E-state index is 13.4. The zero-order chi connectivity index (χ0) is 20.8. The van der Waals surface area contributed by atoms with E-state index in [1.807, 2.05) is 35.8 Å². The monoisotopic (exact) mass is 397 g/mol. The van der Waals surface area contributed by atoms with Crippen LogP contribution in [0.15, 0.2) is 59.7 Å². The maximum atomic E-state index is 13.4. The summed E-state index contributed by atoms with van der Waals surface area (Å²) in [5, 5.41) is 0.540. The Bertz CT molecular complexity index is 1450. The molecular weight excluding hydrogens is 374 g/mol. The zero-order valence-electron chi connectivity index (χ0n) is 17.3. The van der Waals surface area contributed by atoms with E-state index < -0.39 is 0 Å². The first-order valence-corrected chi connectivity index (χ1v) is 10.3. The molecule has 0 aliphatic carbocycles. The molecule has 3 heterocycles. The molecule has 0 bridgehead atoms. The van der Waals surface area contributed by atoms with Crippen LogP contribution >= 0.6 is 0 Å². The van der Waals surface area contributed by atoms with E-state index in [1.54, 1.807) is 10.9 Å². The van der Waals surface area contributed by atoms with Crippen LogP contribution < -0.4 is 5.56 Å². The van der Waals surface area contributed by atoms with Crippen molar-refractivity contribution in [1.82, 2.24) is 24.1 Å². The first-order valence-electron chi connectivity index (χ1n) is 10.3. The Morgan fingerprint density at radius 3 is 2.37 bits per heavy atom. The van der Waals surface area contributed by atoms with Crippen LogP contribution in [0.25, 0.3) is 33.2 Å². The van der Waals surface area contributed by atoms with Crippen molar-refractivity contribution in [2.24, 2.45) is 0 Å². The topological polar surface area (TPSA) is 65.6 Å². The molecule has 0 aliphatic rings. The summed E-state index contributed by atoms with van der Waals surface area (Å²) in [4.78, 5) is 27.8. The van der Waals surface area contributed by atoms with Gasteiger partial charge in [-0.25, -0.2) is 15.0 Å². The Balaban J connectivity index is 1.86. The average Bonchev–Trinajstić information content (AvgIpc) is 3.06. The van der Waals surface area contributed by atoms with E-state index in [0.717, 1.165) is 23.0 Å². The van der Waals surface area contributed by atoms with Crippen LogP contribution in [0.3, 0.4) is 0 Å². The van der Waals surface area contributed by atoms with Gasteiger partial charge >= 0.3 is 0 Å². The standard InChI is InChI=1S/C24H23N5O/c1-4-16(3)29-14-25-22-20(24(29)30)21-23(27-19-8-6-5-7-18(19)26-21)28(22)13-17-11-9-15(2)10-12-17/h5-12,14,16H,4,13H2,1-3H3. The van der Waals surface area contributed by atoms with Gasteiger partial charge in [-0.1, -0.05) is 48.9 Å². The maximum Gasteiger partial charge on any atom is 0.265 e. The highest BCUT2D eigenvalue weighted by molar-refractivity contribution is 6.04. The van der Waals surface area contributed by atoms with Crippen LogP contribution in [0.1, 0.15) is 37.4 Å². The number of benzene rings is 2. The summed E-state index contributed by atoms with van der Waals surface area (Å²) in [5.74, 6) is 0. The number of aryl methyl sites for hydroxylation is 1. The van der Waals surface area contributed by atoms with Crippen molar-refractivity contribution in [3.05, 3.63) is 76.3 Å². The Hall–Kier alpha value is -3.54. The lowest BCUT2D eigenvalue weighted by Gasteiger charge is -2.12. The molecular formula is C24H23N5O. The molecule has 2 aromatic carbocycles. The second-order valence-corrected chi connectivity index (χ2v) is 7.87. The summed E-state index contributed by atoms with van der Waals surface area (Å²) in [6.45, 7) is 6.74. The molecule has 0 saturated carbocycles. The Morgan fingerprint density at radius 1 is 0.967 bits per heavy atom. The van der Waals surface area contributed by atoms with Gasteiger partial charge in [-0.3, -0.25) is 9.36 Å². The van der Waals surface area contributed by atoms with E-state index in [2.05, 4.69) is 38.1 Å². The SMILES string of the molecule is CCC(C)n1cnc2c(c1=O)c1nc3ccccc3nc1n2Cc1ccc(C)cc1. The lowest BCUT2D eigenvalue weighted by atomic mass is 10.1.